The molecular weight excluding hydrogens is 218 g/mol. The van der Waals surface area contributed by atoms with E-state index in [2.05, 4.69) is 5.32 Å². The second-order valence-electron chi connectivity index (χ2n) is 3.94. The molecule has 0 radical (unpaired) electrons. The summed E-state index contributed by atoms with van der Waals surface area (Å²) in [5, 5.41) is 2.70. The molecule has 1 aromatic carbocycles. The molecule has 17 heavy (non-hydrogen) atoms. The zero-order valence-electron chi connectivity index (χ0n) is 10.5. The Balaban J connectivity index is 2.38. The van der Waals surface area contributed by atoms with Gasteiger partial charge in [-0.15, -0.1) is 0 Å². The van der Waals surface area contributed by atoms with E-state index in [4.69, 9.17) is 9.47 Å². The normalized spacial score (nSPS) is 10.1. The first-order valence-electron chi connectivity index (χ1n) is 5.70. The van der Waals surface area contributed by atoms with E-state index in [1.807, 2.05) is 38.1 Å². The molecule has 0 aliphatic heterocycles. The SMILES string of the molecule is COc1ccccc1CCNC(=O)OC(C)C. The Hall–Kier alpha value is -1.71. The van der Waals surface area contributed by atoms with E-state index < -0.39 is 0 Å². The van der Waals surface area contributed by atoms with Crippen molar-refractivity contribution in [1.82, 2.24) is 5.32 Å². The lowest BCUT2D eigenvalue weighted by Gasteiger charge is -2.10. The molecule has 0 fully saturated rings. The lowest BCUT2D eigenvalue weighted by Crippen LogP contribution is -2.28. The van der Waals surface area contributed by atoms with Crippen molar-refractivity contribution in [3.8, 4) is 5.75 Å². The average molecular weight is 237 g/mol. The molecule has 0 heterocycles. The number of para-hydroxylation sites is 1. The Kier molecular flexibility index (Phi) is 5.33. The number of benzene rings is 1. The Morgan fingerprint density at radius 3 is 2.71 bits per heavy atom. The maximum Gasteiger partial charge on any atom is 0.407 e. The number of carbonyl (C=O) groups excluding carboxylic acids is 1. The van der Waals surface area contributed by atoms with Gasteiger partial charge in [-0.1, -0.05) is 18.2 Å². The van der Waals surface area contributed by atoms with Gasteiger partial charge in [-0.3, -0.25) is 0 Å². The molecule has 0 aromatic heterocycles. The summed E-state index contributed by atoms with van der Waals surface area (Å²) in [5.41, 5.74) is 1.07. The molecule has 0 spiro atoms. The summed E-state index contributed by atoms with van der Waals surface area (Å²) in [6.07, 6.45) is 0.244. The lowest BCUT2D eigenvalue weighted by molar-refractivity contribution is 0.116. The number of carbonyl (C=O) groups is 1. The number of hydrogen-bond donors (Lipinski definition) is 1. The first-order valence-corrected chi connectivity index (χ1v) is 5.70. The molecule has 1 amide bonds. The number of ether oxygens (including phenoxy) is 2. The van der Waals surface area contributed by atoms with E-state index in [9.17, 15) is 4.79 Å². The first kappa shape index (κ1) is 13.4. The van der Waals surface area contributed by atoms with Gasteiger partial charge in [0.25, 0.3) is 0 Å². The summed E-state index contributed by atoms with van der Waals surface area (Å²) in [6.45, 7) is 4.17. The van der Waals surface area contributed by atoms with E-state index in [0.717, 1.165) is 17.7 Å². The first-order chi connectivity index (χ1) is 8.13. The van der Waals surface area contributed by atoms with Gasteiger partial charge in [0.15, 0.2) is 0 Å². The molecule has 0 bridgehead atoms. The van der Waals surface area contributed by atoms with E-state index in [0.29, 0.717) is 6.54 Å². The summed E-state index contributed by atoms with van der Waals surface area (Å²) in [7, 11) is 1.64. The third-order valence-corrected chi connectivity index (χ3v) is 2.20. The van der Waals surface area contributed by atoms with Crippen LogP contribution in [0.25, 0.3) is 0 Å². The molecule has 0 aliphatic carbocycles. The van der Waals surface area contributed by atoms with Gasteiger partial charge in [0.05, 0.1) is 13.2 Å². The zero-order chi connectivity index (χ0) is 12.7. The lowest BCUT2D eigenvalue weighted by atomic mass is 10.1. The largest absolute Gasteiger partial charge is 0.496 e. The molecule has 1 rings (SSSR count). The van der Waals surface area contributed by atoms with Crippen molar-refractivity contribution in [2.24, 2.45) is 0 Å². The van der Waals surface area contributed by atoms with Crippen molar-refractivity contribution in [3.05, 3.63) is 29.8 Å². The Bertz CT molecular complexity index is 363. The maximum absolute atomic E-state index is 11.2. The van der Waals surface area contributed by atoms with Gasteiger partial charge in [0.1, 0.15) is 5.75 Å². The summed E-state index contributed by atoms with van der Waals surface area (Å²) in [4.78, 5) is 11.2. The fraction of sp³-hybridized carbons (Fsp3) is 0.462. The highest BCUT2D eigenvalue weighted by atomic mass is 16.6. The molecule has 0 atom stereocenters. The number of methoxy groups -OCH3 is 1. The molecule has 0 unspecified atom stereocenters. The second kappa shape index (κ2) is 6.78. The molecule has 4 heteroatoms. The third kappa shape index (κ3) is 4.76. The predicted molar refractivity (Wildman–Crippen MR) is 66.3 cm³/mol. The summed E-state index contributed by atoms with van der Waals surface area (Å²) >= 11 is 0. The van der Waals surface area contributed by atoms with Gasteiger partial charge in [0.2, 0.25) is 0 Å². The van der Waals surface area contributed by atoms with E-state index in [1.54, 1.807) is 7.11 Å². The second-order valence-corrected chi connectivity index (χ2v) is 3.94. The van der Waals surface area contributed by atoms with Crippen LogP contribution in [0.4, 0.5) is 4.79 Å². The van der Waals surface area contributed by atoms with Crippen molar-refractivity contribution in [2.45, 2.75) is 26.4 Å². The van der Waals surface area contributed by atoms with Crippen LogP contribution in [-0.4, -0.2) is 25.9 Å². The summed E-state index contributed by atoms with van der Waals surface area (Å²) in [5.74, 6) is 0.839. The van der Waals surface area contributed by atoms with Crippen LogP contribution in [0.5, 0.6) is 5.75 Å². The molecule has 4 nitrogen and oxygen atoms in total. The Morgan fingerprint density at radius 2 is 2.06 bits per heavy atom. The van der Waals surface area contributed by atoms with Gasteiger partial charge >= 0.3 is 6.09 Å². The van der Waals surface area contributed by atoms with Crippen LogP contribution in [-0.2, 0) is 11.2 Å². The number of rotatable bonds is 5. The summed E-state index contributed by atoms with van der Waals surface area (Å²) in [6, 6.07) is 7.75. The molecular formula is C13H19NO3. The highest BCUT2D eigenvalue weighted by molar-refractivity contribution is 5.67. The smallest absolute Gasteiger partial charge is 0.407 e. The standard InChI is InChI=1S/C13H19NO3/c1-10(2)17-13(15)14-9-8-11-6-4-5-7-12(11)16-3/h4-7,10H,8-9H2,1-3H3,(H,14,15). The van der Waals surface area contributed by atoms with Crippen LogP contribution in [0.15, 0.2) is 24.3 Å². The van der Waals surface area contributed by atoms with Crippen LogP contribution >= 0.6 is 0 Å². The van der Waals surface area contributed by atoms with Gasteiger partial charge < -0.3 is 14.8 Å². The highest BCUT2D eigenvalue weighted by Gasteiger charge is 2.05. The van der Waals surface area contributed by atoms with Crippen molar-refractivity contribution < 1.29 is 14.3 Å². The van der Waals surface area contributed by atoms with Crippen molar-refractivity contribution >= 4 is 6.09 Å². The van der Waals surface area contributed by atoms with Crippen molar-refractivity contribution in [3.63, 3.8) is 0 Å². The quantitative estimate of drug-likeness (QED) is 0.855. The van der Waals surface area contributed by atoms with E-state index >= 15 is 0 Å². The van der Waals surface area contributed by atoms with Gasteiger partial charge in [0, 0.05) is 6.54 Å². The summed E-state index contributed by atoms with van der Waals surface area (Å²) < 4.78 is 10.2. The minimum absolute atomic E-state index is 0.0961. The topological polar surface area (TPSA) is 47.6 Å². The van der Waals surface area contributed by atoms with Crippen LogP contribution in [0.2, 0.25) is 0 Å². The van der Waals surface area contributed by atoms with Gasteiger partial charge in [-0.2, -0.15) is 0 Å². The number of nitrogens with one attached hydrogen (secondary N) is 1. The molecule has 1 aromatic rings. The fourth-order valence-electron chi connectivity index (χ4n) is 1.46. The van der Waals surface area contributed by atoms with E-state index in [1.165, 1.54) is 0 Å². The van der Waals surface area contributed by atoms with Crippen LogP contribution < -0.4 is 10.1 Å². The van der Waals surface area contributed by atoms with Gasteiger partial charge in [-0.05, 0) is 31.9 Å². The molecule has 1 N–H and O–H groups in total. The monoisotopic (exact) mass is 237 g/mol. The van der Waals surface area contributed by atoms with Crippen LogP contribution in [0.1, 0.15) is 19.4 Å². The molecule has 0 saturated carbocycles. The fourth-order valence-corrected chi connectivity index (χ4v) is 1.46. The predicted octanol–water partition coefficient (Wildman–Crippen LogP) is 2.37. The Morgan fingerprint density at radius 1 is 1.35 bits per heavy atom. The molecule has 94 valence electrons. The molecule has 0 saturated heterocycles. The minimum atomic E-state index is -0.380. The maximum atomic E-state index is 11.2. The highest BCUT2D eigenvalue weighted by Crippen LogP contribution is 2.17. The Labute approximate surface area is 102 Å². The van der Waals surface area contributed by atoms with Crippen LogP contribution in [0.3, 0.4) is 0 Å². The van der Waals surface area contributed by atoms with Crippen LogP contribution in [0, 0.1) is 0 Å². The number of hydrogen-bond acceptors (Lipinski definition) is 3. The number of alkyl carbamates (subject to hydrolysis) is 1. The van der Waals surface area contributed by atoms with Crippen molar-refractivity contribution in [2.75, 3.05) is 13.7 Å². The third-order valence-electron chi connectivity index (χ3n) is 2.20. The minimum Gasteiger partial charge on any atom is -0.496 e. The van der Waals surface area contributed by atoms with Crippen molar-refractivity contribution in [1.29, 1.82) is 0 Å². The average Bonchev–Trinajstić information content (AvgIpc) is 2.28. The van der Waals surface area contributed by atoms with E-state index in [-0.39, 0.29) is 12.2 Å². The molecule has 0 aliphatic rings. The number of amides is 1. The van der Waals surface area contributed by atoms with Gasteiger partial charge in [-0.25, -0.2) is 4.79 Å². The zero-order valence-corrected chi connectivity index (χ0v) is 10.5.